The molecule has 1 saturated heterocycles. The van der Waals surface area contributed by atoms with E-state index in [4.69, 9.17) is 4.74 Å². The van der Waals surface area contributed by atoms with Crippen molar-refractivity contribution in [3.8, 4) is 11.1 Å². The lowest BCUT2D eigenvalue weighted by Crippen LogP contribution is -2.43. The van der Waals surface area contributed by atoms with Crippen LogP contribution in [0.25, 0.3) is 11.1 Å². The van der Waals surface area contributed by atoms with Gasteiger partial charge in [0.05, 0.1) is 6.10 Å². The smallest absolute Gasteiger partial charge is 0.253 e. The summed E-state index contributed by atoms with van der Waals surface area (Å²) in [6, 6.07) is 10.8. The predicted octanol–water partition coefficient (Wildman–Crippen LogP) is 3.07. The van der Waals surface area contributed by atoms with Gasteiger partial charge < -0.3 is 14.6 Å². The Morgan fingerprint density at radius 2 is 1.96 bits per heavy atom. The van der Waals surface area contributed by atoms with Gasteiger partial charge in [0.25, 0.3) is 5.91 Å². The van der Waals surface area contributed by atoms with Crippen LogP contribution >= 0.6 is 0 Å². The molecule has 1 amide bonds. The number of carbonyl (C=O) groups is 1. The van der Waals surface area contributed by atoms with E-state index in [1.807, 2.05) is 29.2 Å². The molecular weight excluding hydrogens is 316 g/mol. The number of rotatable bonds is 5. The number of aromatic nitrogens is 1. The van der Waals surface area contributed by atoms with Crippen LogP contribution in [0.1, 0.15) is 36.5 Å². The summed E-state index contributed by atoms with van der Waals surface area (Å²) in [6.45, 7) is 4.29. The first kappa shape index (κ1) is 17.4. The minimum absolute atomic E-state index is 0.0535. The monoisotopic (exact) mass is 340 g/mol. The van der Waals surface area contributed by atoms with Crippen LogP contribution in [-0.4, -0.2) is 41.6 Å². The van der Waals surface area contributed by atoms with E-state index >= 15 is 0 Å². The summed E-state index contributed by atoms with van der Waals surface area (Å²) in [7, 11) is 0. The van der Waals surface area contributed by atoms with Gasteiger partial charge in [-0.1, -0.05) is 19.1 Å². The Kier molecular flexibility index (Phi) is 5.66. The van der Waals surface area contributed by atoms with Gasteiger partial charge in [-0.05, 0) is 48.6 Å². The molecule has 0 bridgehead atoms. The lowest BCUT2D eigenvalue weighted by Gasteiger charge is -2.32. The van der Waals surface area contributed by atoms with Crippen LogP contribution in [-0.2, 0) is 4.74 Å². The molecule has 3 rings (SSSR count). The van der Waals surface area contributed by atoms with E-state index < -0.39 is 0 Å². The average Bonchev–Trinajstić information content (AvgIpc) is 2.67. The second kappa shape index (κ2) is 8.12. The molecule has 0 aliphatic carbocycles. The molecule has 1 aromatic carbocycles. The zero-order chi connectivity index (χ0) is 17.6. The molecule has 1 aliphatic rings. The Morgan fingerprint density at radius 1 is 1.20 bits per heavy atom. The molecule has 5 nitrogen and oxygen atoms in total. The molecular formula is C20H24N2O3. The van der Waals surface area contributed by atoms with Gasteiger partial charge >= 0.3 is 0 Å². The number of nitrogens with zero attached hydrogens (tertiary/aromatic N) is 1. The van der Waals surface area contributed by atoms with Crippen molar-refractivity contribution < 1.29 is 9.53 Å². The number of hydrogen-bond donors (Lipinski definition) is 1. The molecule has 0 saturated carbocycles. The highest BCUT2D eigenvalue weighted by Gasteiger charge is 2.24. The van der Waals surface area contributed by atoms with E-state index in [-0.39, 0.29) is 17.6 Å². The summed E-state index contributed by atoms with van der Waals surface area (Å²) in [5.74, 6) is 0.0535. The van der Waals surface area contributed by atoms with Crippen LogP contribution in [0.4, 0.5) is 0 Å². The molecule has 1 N–H and O–H groups in total. The molecule has 2 aromatic rings. The molecule has 5 heteroatoms. The standard InChI is InChI=1S/C20H24N2O3/c1-2-12-25-18-4-3-11-22(14-18)20(24)16-7-5-15(6-8-16)17-9-10-19(23)21-13-17/h5-10,13,18H,2-4,11-12,14H2,1H3,(H,21,23)/t18-/m1/s1. The van der Waals surface area contributed by atoms with Crippen molar-refractivity contribution in [3.05, 3.63) is 58.5 Å². The summed E-state index contributed by atoms with van der Waals surface area (Å²) in [6.07, 6.45) is 4.83. The van der Waals surface area contributed by atoms with Crippen molar-refractivity contribution in [1.29, 1.82) is 0 Å². The minimum atomic E-state index is -0.125. The zero-order valence-corrected chi connectivity index (χ0v) is 14.5. The maximum Gasteiger partial charge on any atom is 0.253 e. The summed E-state index contributed by atoms with van der Waals surface area (Å²) >= 11 is 0. The topological polar surface area (TPSA) is 62.4 Å². The van der Waals surface area contributed by atoms with E-state index in [1.165, 1.54) is 6.07 Å². The Bertz CT molecular complexity index is 747. The fraction of sp³-hybridized carbons (Fsp3) is 0.400. The third kappa shape index (κ3) is 4.37. The number of nitrogens with one attached hydrogen (secondary N) is 1. The van der Waals surface area contributed by atoms with Crippen LogP contribution in [0, 0.1) is 0 Å². The number of likely N-dealkylation sites (tertiary alicyclic amines) is 1. The molecule has 0 spiro atoms. The van der Waals surface area contributed by atoms with E-state index in [2.05, 4.69) is 11.9 Å². The lowest BCUT2D eigenvalue weighted by molar-refractivity contribution is 0.00211. The summed E-state index contributed by atoms with van der Waals surface area (Å²) in [5, 5.41) is 0. The fourth-order valence-corrected chi connectivity index (χ4v) is 3.12. The molecule has 2 heterocycles. The van der Waals surface area contributed by atoms with E-state index in [9.17, 15) is 9.59 Å². The Hall–Kier alpha value is -2.40. The van der Waals surface area contributed by atoms with Crippen LogP contribution in [0.2, 0.25) is 0 Å². The number of piperidine rings is 1. The number of amides is 1. The van der Waals surface area contributed by atoms with Gasteiger partial charge in [-0.25, -0.2) is 0 Å². The molecule has 0 radical (unpaired) electrons. The van der Waals surface area contributed by atoms with E-state index in [1.54, 1.807) is 12.3 Å². The molecule has 1 atom stereocenters. The maximum absolute atomic E-state index is 12.7. The van der Waals surface area contributed by atoms with Crippen molar-refractivity contribution in [2.45, 2.75) is 32.3 Å². The number of benzene rings is 1. The quantitative estimate of drug-likeness (QED) is 0.910. The zero-order valence-electron chi connectivity index (χ0n) is 14.5. The highest BCUT2D eigenvalue weighted by Crippen LogP contribution is 2.20. The maximum atomic E-state index is 12.7. The number of hydrogen-bond acceptors (Lipinski definition) is 3. The first-order valence-electron chi connectivity index (χ1n) is 8.87. The van der Waals surface area contributed by atoms with Crippen molar-refractivity contribution in [2.75, 3.05) is 19.7 Å². The van der Waals surface area contributed by atoms with Crippen molar-refractivity contribution >= 4 is 5.91 Å². The van der Waals surface area contributed by atoms with Gasteiger partial charge in [-0.2, -0.15) is 0 Å². The van der Waals surface area contributed by atoms with Crippen LogP contribution < -0.4 is 5.56 Å². The molecule has 132 valence electrons. The second-order valence-electron chi connectivity index (χ2n) is 6.41. The van der Waals surface area contributed by atoms with Gasteiger partial charge in [0.15, 0.2) is 0 Å². The molecule has 1 fully saturated rings. The minimum Gasteiger partial charge on any atom is -0.376 e. The Labute approximate surface area is 147 Å². The first-order chi connectivity index (χ1) is 12.2. The number of aromatic amines is 1. The van der Waals surface area contributed by atoms with Crippen LogP contribution in [0.15, 0.2) is 47.4 Å². The number of pyridine rings is 1. The van der Waals surface area contributed by atoms with Gasteiger partial charge in [-0.15, -0.1) is 0 Å². The first-order valence-corrected chi connectivity index (χ1v) is 8.87. The van der Waals surface area contributed by atoms with Crippen LogP contribution in [0.3, 0.4) is 0 Å². The highest BCUT2D eigenvalue weighted by molar-refractivity contribution is 5.94. The van der Waals surface area contributed by atoms with Crippen molar-refractivity contribution in [3.63, 3.8) is 0 Å². The van der Waals surface area contributed by atoms with Gasteiger partial charge in [0.1, 0.15) is 0 Å². The number of carbonyl (C=O) groups excluding carboxylic acids is 1. The van der Waals surface area contributed by atoms with Crippen molar-refractivity contribution in [1.82, 2.24) is 9.88 Å². The Morgan fingerprint density at radius 3 is 2.64 bits per heavy atom. The molecule has 1 aromatic heterocycles. The predicted molar refractivity (Wildman–Crippen MR) is 97.7 cm³/mol. The molecule has 1 aliphatic heterocycles. The molecule has 0 unspecified atom stereocenters. The third-order valence-electron chi connectivity index (χ3n) is 4.47. The highest BCUT2D eigenvalue weighted by atomic mass is 16.5. The van der Waals surface area contributed by atoms with Crippen molar-refractivity contribution in [2.24, 2.45) is 0 Å². The van der Waals surface area contributed by atoms with Gasteiger partial charge in [0.2, 0.25) is 5.56 Å². The number of H-pyrrole nitrogens is 1. The summed E-state index contributed by atoms with van der Waals surface area (Å²) < 4.78 is 5.81. The SMILES string of the molecule is CCCO[C@@H]1CCCN(C(=O)c2ccc(-c3ccc(=O)[nH]c3)cc2)C1. The van der Waals surface area contributed by atoms with Gasteiger partial charge in [-0.3, -0.25) is 9.59 Å². The Balaban J connectivity index is 1.68. The third-order valence-corrected chi connectivity index (χ3v) is 4.47. The van der Waals surface area contributed by atoms with E-state index in [0.717, 1.165) is 43.5 Å². The summed E-state index contributed by atoms with van der Waals surface area (Å²) in [4.78, 5) is 28.4. The van der Waals surface area contributed by atoms with Crippen LogP contribution in [0.5, 0.6) is 0 Å². The normalized spacial score (nSPS) is 17.5. The number of ether oxygens (including phenoxy) is 1. The summed E-state index contributed by atoms with van der Waals surface area (Å²) in [5.41, 5.74) is 2.45. The molecule has 25 heavy (non-hydrogen) atoms. The largest absolute Gasteiger partial charge is 0.376 e. The van der Waals surface area contributed by atoms with E-state index in [0.29, 0.717) is 12.1 Å². The average molecular weight is 340 g/mol. The van der Waals surface area contributed by atoms with Gasteiger partial charge in [0, 0.05) is 37.5 Å². The second-order valence-corrected chi connectivity index (χ2v) is 6.41. The fourth-order valence-electron chi connectivity index (χ4n) is 3.12. The lowest BCUT2D eigenvalue weighted by atomic mass is 10.0.